The van der Waals surface area contributed by atoms with Gasteiger partial charge in [0.05, 0.1) is 11.6 Å². The Morgan fingerprint density at radius 1 is 1.10 bits per heavy atom. The summed E-state index contributed by atoms with van der Waals surface area (Å²) in [6.45, 7) is 5.97. The Morgan fingerprint density at radius 3 is 2.33 bits per heavy atom. The number of carbonyl (C=O) groups excluding carboxylic acids is 3. The molecule has 218 valence electrons. The van der Waals surface area contributed by atoms with Crippen molar-refractivity contribution < 1.29 is 34.8 Å². The fourth-order valence-electron chi connectivity index (χ4n) is 6.52. The number of hydrogen-bond donors (Lipinski definition) is 5. The van der Waals surface area contributed by atoms with Crippen LogP contribution < -0.4 is 5.32 Å². The van der Waals surface area contributed by atoms with Crippen LogP contribution in [-0.2, 0) is 22.4 Å². The second kappa shape index (κ2) is 10.3. The Morgan fingerprint density at radius 2 is 1.75 bits per heavy atom. The normalized spacial score (nSPS) is 26.7. The maximum Gasteiger partial charge on any atom is 0.258 e. The summed E-state index contributed by atoms with van der Waals surface area (Å²) in [5.74, 6) is -5.79. The molecule has 0 fully saturated rings. The third kappa shape index (κ3) is 4.82. The van der Waals surface area contributed by atoms with E-state index in [2.05, 4.69) is 10.2 Å². The molecule has 3 aliphatic carbocycles. The monoisotopic (exact) mass is 555 g/mol. The number of aryl methyl sites for hydroxylation is 1. The van der Waals surface area contributed by atoms with Crippen molar-refractivity contribution in [3.05, 3.63) is 51.5 Å². The van der Waals surface area contributed by atoms with Gasteiger partial charge in [0.2, 0.25) is 5.78 Å². The minimum Gasteiger partial charge on any atom is -0.510 e. The molecule has 0 heterocycles. The standard InChI is InChI=1S/C30H41N3O7/c1-29(2,3)31-28(39)22-25(36)23(33(6)7)18-14-16-13-17-15(9-8-12-32(4)5)10-11-19(34)21(17)24(35)20(16)26(37)30(18,40)27(22)38/h10-11,16,18,23,34,36-37,40H,8-9,12-14H2,1-7H3,(H,31,39)/t16-,18-,23-,30-/m1/s1. The van der Waals surface area contributed by atoms with Crippen LogP contribution in [0.15, 0.2) is 34.8 Å². The van der Waals surface area contributed by atoms with E-state index in [1.807, 2.05) is 20.2 Å². The molecule has 1 aromatic rings. The first kappa shape index (κ1) is 29.8. The molecule has 0 aromatic heterocycles. The molecular weight excluding hydrogens is 514 g/mol. The van der Waals surface area contributed by atoms with Gasteiger partial charge in [-0.1, -0.05) is 6.07 Å². The maximum absolute atomic E-state index is 13.9. The van der Waals surface area contributed by atoms with Crippen molar-refractivity contribution in [2.45, 2.75) is 63.6 Å². The molecule has 0 spiro atoms. The summed E-state index contributed by atoms with van der Waals surface area (Å²) >= 11 is 0. The van der Waals surface area contributed by atoms with Crippen molar-refractivity contribution in [3.8, 4) is 5.75 Å². The summed E-state index contributed by atoms with van der Waals surface area (Å²) in [7, 11) is 7.25. The van der Waals surface area contributed by atoms with Gasteiger partial charge in [-0.3, -0.25) is 19.3 Å². The second-order valence-corrected chi connectivity index (χ2v) is 12.8. The number of nitrogens with one attached hydrogen (secondary N) is 1. The number of benzene rings is 1. The highest BCUT2D eigenvalue weighted by molar-refractivity contribution is 6.25. The average molecular weight is 556 g/mol. The SMILES string of the molecule is CN(C)CCCc1ccc(O)c2c1C[C@@H]1C[C@@H]3[C@@H](N(C)C)C(O)=C(C(=O)NC(C)(C)C)C(=O)[C@]3(O)C(O)=C1C2=O. The van der Waals surface area contributed by atoms with Crippen LogP contribution >= 0.6 is 0 Å². The molecule has 0 saturated heterocycles. The quantitative estimate of drug-likeness (QED) is 0.332. The van der Waals surface area contributed by atoms with Gasteiger partial charge in [0.1, 0.15) is 22.8 Å². The highest BCUT2D eigenvalue weighted by Crippen LogP contribution is 2.52. The number of nitrogens with zero attached hydrogens (tertiary/aromatic N) is 2. The number of ketones is 2. The lowest BCUT2D eigenvalue weighted by molar-refractivity contribution is -0.149. The lowest BCUT2D eigenvalue weighted by Gasteiger charge is -2.50. The van der Waals surface area contributed by atoms with Gasteiger partial charge in [-0.2, -0.15) is 0 Å². The molecule has 3 aliphatic rings. The number of Topliss-reactive ketones (excluding diaryl/α,β-unsaturated/α-hetero) is 2. The van der Waals surface area contributed by atoms with Crippen molar-refractivity contribution in [2.24, 2.45) is 11.8 Å². The Bertz CT molecular complexity index is 1320. The Balaban J connectivity index is 1.85. The summed E-state index contributed by atoms with van der Waals surface area (Å²) in [5, 5.41) is 48.1. The van der Waals surface area contributed by atoms with E-state index >= 15 is 0 Å². The number of rotatable bonds is 6. The summed E-state index contributed by atoms with van der Waals surface area (Å²) in [6, 6.07) is 2.29. The number of amides is 1. The van der Waals surface area contributed by atoms with Crippen LogP contribution in [0, 0.1) is 11.8 Å². The van der Waals surface area contributed by atoms with Crippen LogP contribution in [0.4, 0.5) is 0 Å². The number of hydrogen-bond acceptors (Lipinski definition) is 9. The predicted octanol–water partition coefficient (Wildman–Crippen LogP) is 2.04. The molecular formula is C30H41N3O7. The van der Waals surface area contributed by atoms with Crippen molar-refractivity contribution >= 4 is 17.5 Å². The number of allylic oxidation sites excluding steroid dienone is 1. The molecule has 0 unspecified atom stereocenters. The number of aliphatic hydroxyl groups excluding tert-OH is 2. The van der Waals surface area contributed by atoms with Gasteiger partial charge >= 0.3 is 0 Å². The van der Waals surface area contributed by atoms with Gasteiger partial charge in [-0.25, -0.2) is 0 Å². The smallest absolute Gasteiger partial charge is 0.258 e. The molecule has 0 aliphatic heterocycles. The molecule has 0 radical (unpaired) electrons. The van der Waals surface area contributed by atoms with E-state index in [1.54, 1.807) is 39.8 Å². The predicted molar refractivity (Wildman–Crippen MR) is 149 cm³/mol. The molecule has 4 rings (SSSR count). The first-order chi connectivity index (χ1) is 18.5. The van der Waals surface area contributed by atoms with Gasteiger partial charge < -0.3 is 30.6 Å². The molecule has 4 atom stereocenters. The van der Waals surface area contributed by atoms with E-state index in [4.69, 9.17) is 0 Å². The van der Waals surface area contributed by atoms with Crippen LogP contribution in [0.3, 0.4) is 0 Å². The Labute approximate surface area is 235 Å². The van der Waals surface area contributed by atoms with E-state index in [1.165, 1.54) is 6.07 Å². The first-order valence-electron chi connectivity index (χ1n) is 13.7. The number of phenolic OH excluding ortho intramolecular Hbond substituents is 1. The fraction of sp³-hybridized carbons (Fsp3) is 0.567. The summed E-state index contributed by atoms with van der Waals surface area (Å²) in [5.41, 5.74) is -2.44. The van der Waals surface area contributed by atoms with Gasteiger partial charge in [0, 0.05) is 17.0 Å². The molecule has 40 heavy (non-hydrogen) atoms. The lowest BCUT2D eigenvalue weighted by atomic mass is 9.58. The fourth-order valence-corrected chi connectivity index (χ4v) is 6.52. The van der Waals surface area contributed by atoms with Crippen LogP contribution in [0.1, 0.15) is 55.1 Å². The van der Waals surface area contributed by atoms with E-state index in [9.17, 15) is 34.8 Å². The molecule has 10 heteroatoms. The Hall–Kier alpha value is -3.21. The van der Waals surface area contributed by atoms with Gasteiger partial charge in [-0.05, 0) is 104 Å². The zero-order valence-electron chi connectivity index (χ0n) is 24.3. The van der Waals surface area contributed by atoms with Crippen LogP contribution in [-0.4, -0.2) is 99.6 Å². The van der Waals surface area contributed by atoms with E-state index < -0.39 is 63.6 Å². The average Bonchev–Trinajstić information content (AvgIpc) is 2.81. The van der Waals surface area contributed by atoms with Crippen molar-refractivity contribution in [3.63, 3.8) is 0 Å². The molecule has 5 N–H and O–H groups in total. The summed E-state index contributed by atoms with van der Waals surface area (Å²) < 4.78 is 0. The third-order valence-electron chi connectivity index (χ3n) is 8.22. The summed E-state index contributed by atoms with van der Waals surface area (Å²) in [4.78, 5) is 44.5. The van der Waals surface area contributed by atoms with Crippen molar-refractivity contribution in [2.75, 3.05) is 34.7 Å². The Kier molecular flexibility index (Phi) is 7.68. The van der Waals surface area contributed by atoms with E-state index in [-0.39, 0.29) is 23.3 Å². The van der Waals surface area contributed by atoms with Gasteiger partial charge in [-0.15, -0.1) is 0 Å². The summed E-state index contributed by atoms with van der Waals surface area (Å²) in [6.07, 6.45) is 1.94. The minimum absolute atomic E-state index is 0.0682. The minimum atomic E-state index is -2.61. The van der Waals surface area contributed by atoms with Gasteiger partial charge in [0.25, 0.3) is 5.91 Å². The first-order valence-corrected chi connectivity index (χ1v) is 13.7. The van der Waals surface area contributed by atoms with Crippen LogP contribution in [0.5, 0.6) is 5.75 Å². The van der Waals surface area contributed by atoms with Crippen molar-refractivity contribution in [1.82, 2.24) is 15.1 Å². The van der Waals surface area contributed by atoms with Crippen LogP contribution in [0.2, 0.25) is 0 Å². The van der Waals surface area contributed by atoms with Crippen molar-refractivity contribution in [1.29, 1.82) is 0 Å². The van der Waals surface area contributed by atoms with Gasteiger partial charge in [0.15, 0.2) is 11.4 Å². The number of fused-ring (bicyclic) bond motifs is 3. The molecule has 1 amide bonds. The zero-order valence-corrected chi connectivity index (χ0v) is 24.3. The zero-order chi connectivity index (χ0) is 29.9. The third-order valence-corrected chi connectivity index (χ3v) is 8.22. The largest absolute Gasteiger partial charge is 0.510 e. The molecule has 1 aromatic carbocycles. The highest BCUT2D eigenvalue weighted by Gasteiger charge is 2.63. The van der Waals surface area contributed by atoms with Crippen LogP contribution in [0.25, 0.3) is 0 Å². The second-order valence-electron chi connectivity index (χ2n) is 12.8. The highest BCUT2D eigenvalue weighted by atomic mass is 16.3. The molecule has 10 nitrogen and oxygen atoms in total. The number of carbonyl (C=O) groups is 3. The molecule has 0 saturated carbocycles. The van der Waals surface area contributed by atoms with E-state index in [0.29, 0.717) is 18.4 Å². The number of aromatic hydroxyl groups is 1. The maximum atomic E-state index is 13.9. The lowest BCUT2D eigenvalue weighted by Crippen LogP contribution is -2.64. The number of aliphatic hydroxyl groups is 3. The topological polar surface area (TPSA) is 151 Å². The number of phenols is 1. The van der Waals surface area contributed by atoms with E-state index in [0.717, 1.165) is 18.5 Å². The molecule has 0 bridgehead atoms. The number of likely N-dealkylation sites (N-methyl/N-ethyl adjacent to an activating group) is 1.